The van der Waals surface area contributed by atoms with Gasteiger partial charge < -0.3 is 4.74 Å². The second-order valence-corrected chi connectivity index (χ2v) is 7.53. The molecule has 1 aliphatic rings. The molecule has 0 aromatic heterocycles. The van der Waals surface area contributed by atoms with Gasteiger partial charge in [0.1, 0.15) is 6.61 Å². The predicted molar refractivity (Wildman–Crippen MR) is 99.3 cm³/mol. The fraction of sp³-hybridized carbons (Fsp3) is 0.550. The second-order valence-electron chi connectivity index (χ2n) is 7.09. The number of hydrogen-bond donors (Lipinski definition) is 0. The number of ether oxygens (including phenoxy) is 1. The predicted octanol–water partition coefficient (Wildman–Crippen LogP) is 5.70. The van der Waals surface area contributed by atoms with Crippen molar-refractivity contribution < 1.29 is 4.74 Å². The smallest absolute Gasteiger partial charge is 0.190 e. The maximum Gasteiger partial charge on any atom is 0.190 e. The summed E-state index contributed by atoms with van der Waals surface area (Å²) in [4.78, 5) is 4.84. The van der Waals surface area contributed by atoms with E-state index in [1.165, 1.54) is 5.56 Å². The molecule has 0 aliphatic carbocycles. The van der Waals surface area contributed by atoms with Crippen LogP contribution in [0.25, 0.3) is 0 Å². The van der Waals surface area contributed by atoms with Crippen LogP contribution in [0.3, 0.4) is 0 Å². The lowest BCUT2D eigenvalue weighted by atomic mass is 9.81. The fourth-order valence-electron chi connectivity index (χ4n) is 3.01. The highest BCUT2D eigenvalue weighted by Gasteiger charge is 2.35. The van der Waals surface area contributed by atoms with Crippen LogP contribution in [-0.4, -0.2) is 18.5 Å². The molecule has 2 rings (SSSR count). The number of allylic oxidation sites excluding steroid dienone is 1. The third-order valence-electron chi connectivity index (χ3n) is 4.66. The molecule has 0 N–H and O–H groups in total. The number of hydrogen-bond acceptors (Lipinski definition) is 2. The maximum atomic E-state index is 5.95. The van der Waals surface area contributed by atoms with Crippen molar-refractivity contribution in [2.24, 2.45) is 16.3 Å². The van der Waals surface area contributed by atoms with Gasteiger partial charge >= 0.3 is 0 Å². The summed E-state index contributed by atoms with van der Waals surface area (Å²) in [5.74, 6) is 1.45. The molecule has 0 saturated heterocycles. The Kier molecular flexibility index (Phi) is 6.29. The van der Waals surface area contributed by atoms with Gasteiger partial charge in [0, 0.05) is 10.4 Å². The molecule has 0 radical (unpaired) electrons. The van der Waals surface area contributed by atoms with E-state index >= 15 is 0 Å². The number of aryl methyl sites for hydroxylation is 1. The highest BCUT2D eigenvalue weighted by molar-refractivity contribution is 6.30. The molecule has 0 bridgehead atoms. The first kappa shape index (κ1) is 18.1. The van der Waals surface area contributed by atoms with Gasteiger partial charge in [0.2, 0.25) is 0 Å². The largest absolute Gasteiger partial charge is 0.478 e. The first-order valence-corrected chi connectivity index (χ1v) is 8.89. The van der Waals surface area contributed by atoms with E-state index in [2.05, 4.69) is 39.5 Å². The molecule has 0 saturated carbocycles. The first-order valence-electron chi connectivity index (χ1n) is 8.51. The molecule has 0 amide bonds. The summed E-state index contributed by atoms with van der Waals surface area (Å²) in [5.41, 5.74) is 1.28. The summed E-state index contributed by atoms with van der Waals surface area (Å²) in [6.45, 7) is 11.3. The minimum absolute atomic E-state index is 0.0438. The van der Waals surface area contributed by atoms with Crippen LogP contribution in [0.5, 0.6) is 0 Å². The number of nitrogens with zero attached hydrogens (tertiary/aromatic N) is 1. The average molecular weight is 334 g/mol. The Morgan fingerprint density at radius 2 is 2.09 bits per heavy atom. The highest BCUT2D eigenvalue weighted by atomic mass is 35.5. The summed E-state index contributed by atoms with van der Waals surface area (Å²) < 4.78 is 5.95. The second kappa shape index (κ2) is 8.01. The highest BCUT2D eigenvalue weighted by Crippen LogP contribution is 2.34. The van der Waals surface area contributed by atoms with Gasteiger partial charge in [-0.1, -0.05) is 50.6 Å². The van der Waals surface area contributed by atoms with E-state index in [4.69, 9.17) is 21.3 Å². The molecule has 2 unspecified atom stereocenters. The van der Waals surface area contributed by atoms with E-state index in [9.17, 15) is 0 Å². The minimum Gasteiger partial charge on any atom is -0.478 e. The summed E-state index contributed by atoms with van der Waals surface area (Å²) in [6.07, 6.45) is 6.07. The van der Waals surface area contributed by atoms with Crippen LogP contribution in [0.1, 0.15) is 45.6 Å². The van der Waals surface area contributed by atoms with Crippen LogP contribution in [0.2, 0.25) is 5.02 Å². The van der Waals surface area contributed by atoms with E-state index in [1.54, 1.807) is 0 Å². The normalized spacial score (nSPS) is 20.0. The number of benzene rings is 1. The van der Waals surface area contributed by atoms with E-state index in [-0.39, 0.29) is 5.41 Å². The molecule has 1 aromatic carbocycles. The number of aliphatic imine (C=N–C) groups is 1. The molecule has 0 fully saturated rings. The average Bonchev–Trinajstić information content (AvgIpc) is 3.00. The van der Waals surface area contributed by atoms with E-state index in [0.717, 1.165) is 43.2 Å². The lowest BCUT2D eigenvalue weighted by Crippen LogP contribution is -2.28. The Labute approximate surface area is 145 Å². The Bertz CT molecular complexity index is 549. The monoisotopic (exact) mass is 333 g/mol. The molecule has 2 atom stereocenters. The van der Waals surface area contributed by atoms with Crippen molar-refractivity contribution in [3.8, 4) is 0 Å². The number of rotatable bonds is 8. The molecule has 0 spiro atoms. The summed E-state index contributed by atoms with van der Waals surface area (Å²) >= 11 is 5.94. The van der Waals surface area contributed by atoms with Crippen molar-refractivity contribution in [1.29, 1.82) is 0 Å². The van der Waals surface area contributed by atoms with E-state index < -0.39 is 0 Å². The van der Waals surface area contributed by atoms with Crippen LogP contribution in [0.4, 0.5) is 0 Å². The van der Waals surface area contributed by atoms with Crippen molar-refractivity contribution in [1.82, 2.24) is 0 Å². The Morgan fingerprint density at radius 1 is 1.39 bits per heavy atom. The zero-order valence-corrected chi connectivity index (χ0v) is 15.3. The SMILES string of the molecule is C=CCC(C)(CCCc1ccc(Cl)cc1)C1=NC(C(C)C)CO1. The Balaban J connectivity index is 1.98. The molecule has 2 nitrogen and oxygen atoms in total. The van der Waals surface area contributed by atoms with Gasteiger partial charge in [0.25, 0.3) is 0 Å². The van der Waals surface area contributed by atoms with Crippen molar-refractivity contribution in [2.45, 2.75) is 52.5 Å². The fourth-order valence-corrected chi connectivity index (χ4v) is 3.14. The lowest BCUT2D eigenvalue weighted by Gasteiger charge is -2.27. The first-order chi connectivity index (χ1) is 10.9. The van der Waals surface area contributed by atoms with Gasteiger partial charge in [0.15, 0.2) is 5.90 Å². The number of halogens is 1. The van der Waals surface area contributed by atoms with Crippen LogP contribution in [0.15, 0.2) is 41.9 Å². The standard InChI is InChI=1S/C20H28ClNO/c1-5-12-20(4,19-22-18(14-23-19)15(2)3)13-6-7-16-8-10-17(21)11-9-16/h5,8-11,15,18H,1,6-7,12-14H2,2-4H3. The molecular weight excluding hydrogens is 306 g/mol. The summed E-state index contributed by atoms with van der Waals surface area (Å²) in [7, 11) is 0. The van der Waals surface area contributed by atoms with Gasteiger partial charge in [-0.15, -0.1) is 6.58 Å². The maximum absolute atomic E-state index is 5.95. The van der Waals surface area contributed by atoms with E-state index in [1.807, 2.05) is 18.2 Å². The van der Waals surface area contributed by atoms with Crippen molar-refractivity contribution in [3.63, 3.8) is 0 Å². The lowest BCUT2D eigenvalue weighted by molar-refractivity contribution is 0.247. The van der Waals surface area contributed by atoms with Gasteiger partial charge in [-0.3, -0.25) is 0 Å². The molecule has 1 heterocycles. The van der Waals surface area contributed by atoms with Crippen LogP contribution in [-0.2, 0) is 11.2 Å². The Hall–Kier alpha value is -1.28. The van der Waals surface area contributed by atoms with Gasteiger partial charge in [0.05, 0.1) is 6.04 Å². The van der Waals surface area contributed by atoms with Crippen molar-refractivity contribution in [2.75, 3.05) is 6.61 Å². The third-order valence-corrected chi connectivity index (χ3v) is 4.91. The Morgan fingerprint density at radius 3 is 2.65 bits per heavy atom. The molecule has 1 aliphatic heterocycles. The quantitative estimate of drug-likeness (QED) is 0.559. The molecule has 23 heavy (non-hydrogen) atoms. The van der Waals surface area contributed by atoms with Gasteiger partial charge in [-0.2, -0.15) is 0 Å². The molecule has 3 heteroatoms. The van der Waals surface area contributed by atoms with Crippen LogP contribution < -0.4 is 0 Å². The third kappa shape index (κ3) is 4.84. The zero-order valence-electron chi connectivity index (χ0n) is 14.5. The summed E-state index contributed by atoms with van der Waals surface area (Å²) in [5, 5.41) is 0.790. The topological polar surface area (TPSA) is 21.6 Å². The minimum atomic E-state index is -0.0438. The van der Waals surface area contributed by atoms with Crippen LogP contribution in [0, 0.1) is 11.3 Å². The molecule has 1 aromatic rings. The zero-order chi connectivity index (χ0) is 16.9. The van der Waals surface area contributed by atoms with Crippen molar-refractivity contribution in [3.05, 3.63) is 47.5 Å². The van der Waals surface area contributed by atoms with E-state index in [0.29, 0.717) is 12.0 Å². The van der Waals surface area contributed by atoms with Crippen LogP contribution >= 0.6 is 11.6 Å². The molecular formula is C20H28ClNO. The van der Waals surface area contributed by atoms with Crippen molar-refractivity contribution >= 4 is 17.5 Å². The summed E-state index contributed by atoms with van der Waals surface area (Å²) in [6, 6.07) is 8.41. The molecule has 126 valence electrons. The van der Waals surface area contributed by atoms with Gasteiger partial charge in [-0.25, -0.2) is 4.99 Å². The van der Waals surface area contributed by atoms with Gasteiger partial charge in [-0.05, 0) is 49.3 Å².